The zero-order valence-corrected chi connectivity index (χ0v) is 8.60. The third-order valence-corrected chi connectivity index (χ3v) is 2.47. The summed E-state index contributed by atoms with van der Waals surface area (Å²) in [5, 5.41) is 8.94. The van der Waals surface area contributed by atoms with E-state index >= 15 is 0 Å². The van der Waals surface area contributed by atoms with Gasteiger partial charge in [-0.2, -0.15) is 0 Å². The summed E-state index contributed by atoms with van der Waals surface area (Å²) in [6.07, 6.45) is 0. The molecule has 3 N–H and O–H groups in total. The van der Waals surface area contributed by atoms with Gasteiger partial charge in [0.2, 0.25) is 0 Å². The van der Waals surface area contributed by atoms with Crippen molar-refractivity contribution >= 4 is 0 Å². The van der Waals surface area contributed by atoms with E-state index < -0.39 is 0 Å². The first kappa shape index (κ1) is 11.0. The van der Waals surface area contributed by atoms with Crippen molar-refractivity contribution in [3.05, 3.63) is 29.8 Å². The second kappa shape index (κ2) is 4.98. The van der Waals surface area contributed by atoms with Crippen LogP contribution >= 0.6 is 0 Å². The molecule has 0 aliphatic rings. The average Bonchev–Trinajstić information content (AvgIpc) is 2.27. The zero-order valence-electron chi connectivity index (χ0n) is 8.60. The molecule has 0 heterocycles. The summed E-state index contributed by atoms with van der Waals surface area (Å²) in [5.41, 5.74) is 6.84. The monoisotopic (exact) mass is 195 g/mol. The number of ether oxygens (including phenoxy) is 1. The quantitative estimate of drug-likeness (QED) is 0.757. The van der Waals surface area contributed by atoms with Gasteiger partial charge in [0.25, 0.3) is 0 Å². The number of hydrogen-bond acceptors (Lipinski definition) is 3. The summed E-state index contributed by atoms with van der Waals surface area (Å²) < 4.78 is 5.12. The van der Waals surface area contributed by atoms with Crippen molar-refractivity contribution in [3.63, 3.8) is 0 Å². The summed E-state index contributed by atoms with van der Waals surface area (Å²) >= 11 is 0. The lowest BCUT2D eigenvalue weighted by atomic mass is 9.94. The van der Waals surface area contributed by atoms with Crippen LogP contribution in [0.3, 0.4) is 0 Å². The largest absolute Gasteiger partial charge is 0.497 e. The molecule has 0 radical (unpaired) electrons. The van der Waals surface area contributed by atoms with E-state index in [-0.39, 0.29) is 18.6 Å². The molecule has 2 atom stereocenters. The first-order valence-corrected chi connectivity index (χ1v) is 4.69. The van der Waals surface area contributed by atoms with Gasteiger partial charge in [-0.25, -0.2) is 0 Å². The highest BCUT2D eigenvalue weighted by molar-refractivity contribution is 5.31. The first-order valence-electron chi connectivity index (χ1n) is 4.69. The predicted molar refractivity (Wildman–Crippen MR) is 56.5 cm³/mol. The number of benzene rings is 1. The van der Waals surface area contributed by atoms with Gasteiger partial charge in [-0.1, -0.05) is 19.1 Å². The topological polar surface area (TPSA) is 55.5 Å². The van der Waals surface area contributed by atoms with Crippen molar-refractivity contribution in [2.45, 2.75) is 18.9 Å². The summed E-state index contributed by atoms with van der Waals surface area (Å²) in [6.45, 7) is 1.99. The van der Waals surface area contributed by atoms with Crippen molar-refractivity contribution in [1.29, 1.82) is 0 Å². The molecule has 0 saturated heterocycles. The van der Waals surface area contributed by atoms with Crippen LogP contribution in [-0.2, 0) is 0 Å². The van der Waals surface area contributed by atoms with Gasteiger partial charge >= 0.3 is 0 Å². The average molecular weight is 195 g/mol. The van der Waals surface area contributed by atoms with Crippen LogP contribution in [-0.4, -0.2) is 24.9 Å². The molecule has 0 spiro atoms. The molecule has 0 fully saturated rings. The molecule has 0 aliphatic carbocycles. The van der Waals surface area contributed by atoms with E-state index in [1.165, 1.54) is 0 Å². The zero-order chi connectivity index (χ0) is 10.6. The summed E-state index contributed by atoms with van der Waals surface area (Å²) in [6, 6.07) is 7.53. The van der Waals surface area contributed by atoms with E-state index in [4.69, 9.17) is 15.6 Å². The molecule has 1 rings (SSSR count). The maximum absolute atomic E-state index is 8.94. The number of aliphatic hydroxyl groups is 1. The van der Waals surface area contributed by atoms with E-state index in [0.29, 0.717) is 0 Å². The Kier molecular flexibility index (Phi) is 3.92. The Hall–Kier alpha value is -1.06. The molecule has 1 aromatic rings. The van der Waals surface area contributed by atoms with Crippen LogP contribution < -0.4 is 10.5 Å². The maximum atomic E-state index is 8.94. The lowest BCUT2D eigenvalue weighted by Gasteiger charge is -2.18. The van der Waals surface area contributed by atoms with Crippen molar-refractivity contribution in [2.24, 2.45) is 5.73 Å². The second-order valence-electron chi connectivity index (χ2n) is 3.41. The summed E-state index contributed by atoms with van der Waals surface area (Å²) in [7, 11) is 1.63. The van der Waals surface area contributed by atoms with Crippen molar-refractivity contribution in [2.75, 3.05) is 13.7 Å². The Balaban J connectivity index is 2.83. The fourth-order valence-electron chi connectivity index (χ4n) is 1.33. The van der Waals surface area contributed by atoms with E-state index in [0.717, 1.165) is 11.3 Å². The van der Waals surface area contributed by atoms with Gasteiger partial charge in [0, 0.05) is 6.04 Å². The third-order valence-electron chi connectivity index (χ3n) is 2.47. The van der Waals surface area contributed by atoms with Crippen molar-refractivity contribution in [1.82, 2.24) is 0 Å². The SMILES string of the molecule is COc1cccc(C(C)C(N)CO)c1. The van der Waals surface area contributed by atoms with Gasteiger partial charge in [-0.15, -0.1) is 0 Å². The Morgan fingerprint density at radius 1 is 1.50 bits per heavy atom. The highest BCUT2D eigenvalue weighted by Gasteiger charge is 2.13. The van der Waals surface area contributed by atoms with E-state index in [1.54, 1.807) is 7.11 Å². The van der Waals surface area contributed by atoms with Gasteiger partial charge in [-0.05, 0) is 23.6 Å². The highest BCUT2D eigenvalue weighted by Crippen LogP contribution is 2.22. The first-order chi connectivity index (χ1) is 6.69. The van der Waals surface area contributed by atoms with E-state index in [2.05, 4.69) is 0 Å². The standard InChI is InChI=1S/C11H17NO2/c1-8(11(12)7-13)9-4-3-5-10(6-9)14-2/h3-6,8,11,13H,7,12H2,1-2H3. The van der Waals surface area contributed by atoms with Crippen molar-refractivity contribution in [3.8, 4) is 5.75 Å². The molecule has 78 valence electrons. The smallest absolute Gasteiger partial charge is 0.119 e. The number of nitrogens with two attached hydrogens (primary N) is 1. The van der Waals surface area contributed by atoms with Gasteiger partial charge in [-0.3, -0.25) is 0 Å². The van der Waals surface area contributed by atoms with E-state index in [9.17, 15) is 0 Å². The minimum absolute atomic E-state index is 0.00161. The summed E-state index contributed by atoms with van der Waals surface area (Å²) in [5.74, 6) is 0.953. The van der Waals surface area contributed by atoms with Crippen LogP contribution in [0, 0.1) is 0 Å². The maximum Gasteiger partial charge on any atom is 0.119 e. The Morgan fingerprint density at radius 2 is 2.21 bits per heavy atom. The number of aliphatic hydroxyl groups excluding tert-OH is 1. The van der Waals surface area contributed by atoms with Crippen LogP contribution in [0.15, 0.2) is 24.3 Å². The van der Waals surface area contributed by atoms with Gasteiger partial charge in [0.15, 0.2) is 0 Å². The normalized spacial score (nSPS) is 14.9. The van der Waals surface area contributed by atoms with E-state index in [1.807, 2.05) is 31.2 Å². The van der Waals surface area contributed by atoms with Crippen LogP contribution in [0.1, 0.15) is 18.4 Å². The minimum Gasteiger partial charge on any atom is -0.497 e. The minimum atomic E-state index is -0.220. The predicted octanol–water partition coefficient (Wildman–Crippen LogP) is 1.12. The highest BCUT2D eigenvalue weighted by atomic mass is 16.5. The fourth-order valence-corrected chi connectivity index (χ4v) is 1.33. The Bertz CT molecular complexity index is 288. The molecule has 3 heteroatoms. The molecular weight excluding hydrogens is 178 g/mol. The molecule has 14 heavy (non-hydrogen) atoms. The Labute approximate surface area is 84.5 Å². The molecule has 2 unspecified atom stereocenters. The lowest BCUT2D eigenvalue weighted by Crippen LogP contribution is -2.30. The second-order valence-corrected chi connectivity index (χ2v) is 3.41. The number of rotatable bonds is 4. The van der Waals surface area contributed by atoms with Crippen LogP contribution in [0.4, 0.5) is 0 Å². The van der Waals surface area contributed by atoms with Crippen LogP contribution in [0.5, 0.6) is 5.75 Å². The molecule has 0 aliphatic heterocycles. The number of hydrogen-bond donors (Lipinski definition) is 2. The van der Waals surface area contributed by atoms with Gasteiger partial charge in [0.05, 0.1) is 13.7 Å². The van der Waals surface area contributed by atoms with Crippen LogP contribution in [0.25, 0.3) is 0 Å². The summed E-state index contributed by atoms with van der Waals surface area (Å²) in [4.78, 5) is 0. The molecule has 0 aromatic heterocycles. The lowest BCUT2D eigenvalue weighted by molar-refractivity contribution is 0.252. The molecule has 0 bridgehead atoms. The van der Waals surface area contributed by atoms with Gasteiger partial charge in [0.1, 0.15) is 5.75 Å². The molecule has 0 saturated carbocycles. The molecule has 3 nitrogen and oxygen atoms in total. The van der Waals surface area contributed by atoms with Crippen LogP contribution in [0.2, 0.25) is 0 Å². The van der Waals surface area contributed by atoms with Gasteiger partial charge < -0.3 is 15.6 Å². The molecular formula is C11H17NO2. The fraction of sp³-hybridized carbons (Fsp3) is 0.455. The number of methoxy groups -OCH3 is 1. The third kappa shape index (κ3) is 2.47. The molecule has 1 aromatic carbocycles. The Morgan fingerprint density at radius 3 is 2.79 bits per heavy atom. The molecule has 0 amide bonds. The van der Waals surface area contributed by atoms with Crippen molar-refractivity contribution < 1.29 is 9.84 Å².